The molecule has 1 amide bonds. The predicted molar refractivity (Wildman–Crippen MR) is 133 cm³/mol. The van der Waals surface area contributed by atoms with Gasteiger partial charge in [0, 0.05) is 36.9 Å². The van der Waals surface area contributed by atoms with Crippen LogP contribution in [0.3, 0.4) is 0 Å². The van der Waals surface area contributed by atoms with Crippen LogP contribution < -0.4 is 11.1 Å². The first-order valence-corrected chi connectivity index (χ1v) is 13.8. The molecule has 36 heavy (non-hydrogen) atoms. The van der Waals surface area contributed by atoms with E-state index in [4.69, 9.17) is 19.9 Å². The third-order valence-electron chi connectivity index (χ3n) is 10.1. The summed E-state index contributed by atoms with van der Waals surface area (Å²) in [6, 6.07) is -0.458. The maximum Gasteiger partial charge on any atom is 0.323 e. The first-order valence-electron chi connectivity index (χ1n) is 13.8. The number of aliphatic hydroxyl groups excluding tert-OH is 1. The lowest BCUT2D eigenvalue weighted by atomic mass is 9.42. The Morgan fingerprint density at radius 2 is 2.00 bits per heavy atom. The maximum atomic E-state index is 13.2. The van der Waals surface area contributed by atoms with Crippen LogP contribution in [0.4, 0.5) is 0 Å². The highest BCUT2D eigenvalue weighted by Gasteiger charge is 2.78. The molecule has 5 fully saturated rings. The number of nitrogens with zero attached hydrogens (tertiary/aromatic N) is 1. The number of hydrogen-bond acceptors (Lipinski definition) is 8. The number of rotatable bonds is 7. The maximum absolute atomic E-state index is 13.2. The van der Waals surface area contributed by atoms with Gasteiger partial charge in [-0.25, -0.2) is 0 Å². The van der Waals surface area contributed by atoms with Crippen molar-refractivity contribution in [2.24, 2.45) is 23.0 Å². The van der Waals surface area contributed by atoms with Crippen molar-refractivity contribution in [1.82, 2.24) is 10.2 Å². The topological polar surface area (TPSA) is 123 Å². The molecule has 2 aliphatic heterocycles. The van der Waals surface area contributed by atoms with E-state index in [2.05, 4.69) is 17.3 Å². The van der Waals surface area contributed by atoms with E-state index in [1.807, 2.05) is 27.9 Å². The van der Waals surface area contributed by atoms with E-state index >= 15 is 0 Å². The second-order valence-corrected chi connectivity index (χ2v) is 13.0. The van der Waals surface area contributed by atoms with E-state index in [1.54, 1.807) is 0 Å². The van der Waals surface area contributed by atoms with Gasteiger partial charge in [-0.3, -0.25) is 14.9 Å². The molecule has 0 aromatic rings. The monoisotopic (exact) mass is 507 g/mol. The number of likely N-dealkylation sites (tertiary alicyclic amines) is 1. The summed E-state index contributed by atoms with van der Waals surface area (Å²) < 4.78 is 19.1. The van der Waals surface area contributed by atoms with Crippen LogP contribution in [0.2, 0.25) is 0 Å². The molecule has 1 spiro atoms. The molecule has 6 unspecified atom stereocenters. The summed E-state index contributed by atoms with van der Waals surface area (Å²) in [4.78, 5) is 27.3. The van der Waals surface area contributed by atoms with E-state index in [0.717, 1.165) is 45.1 Å². The van der Waals surface area contributed by atoms with Gasteiger partial charge in [0.05, 0.1) is 23.9 Å². The van der Waals surface area contributed by atoms with Crippen LogP contribution in [0.25, 0.3) is 0 Å². The molecule has 0 radical (unpaired) electrons. The fourth-order valence-corrected chi connectivity index (χ4v) is 8.91. The minimum Gasteiger partial charge on any atom is -0.459 e. The Bertz CT molecular complexity index is 878. The fraction of sp³-hybridized carbons (Fsp3) is 0.926. The predicted octanol–water partition coefficient (Wildman–Crippen LogP) is 1.35. The van der Waals surface area contributed by atoms with Gasteiger partial charge in [0.15, 0.2) is 0 Å². The highest BCUT2D eigenvalue weighted by molar-refractivity contribution is 5.78. The lowest BCUT2D eigenvalue weighted by Crippen LogP contribution is -2.78. The molecule has 2 bridgehead atoms. The Hall–Kier alpha value is -1.26. The summed E-state index contributed by atoms with van der Waals surface area (Å²) in [5.41, 5.74) is 4.23. The van der Waals surface area contributed by atoms with Gasteiger partial charge < -0.3 is 30.0 Å². The van der Waals surface area contributed by atoms with Gasteiger partial charge in [0.2, 0.25) is 5.91 Å². The fourth-order valence-electron chi connectivity index (χ4n) is 8.91. The molecule has 0 aromatic heterocycles. The summed E-state index contributed by atoms with van der Waals surface area (Å²) in [5, 5.41) is 14.6. The van der Waals surface area contributed by atoms with Crippen LogP contribution in [0.1, 0.15) is 72.1 Å². The molecule has 9 nitrogen and oxygen atoms in total. The van der Waals surface area contributed by atoms with Gasteiger partial charge in [-0.05, 0) is 85.2 Å². The normalized spacial score (nSPS) is 44.6. The van der Waals surface area contributed by atoms with Crippen molar-refractivity contribution in [2.75, 3.05) is 20.7 Å². The van der Waals surface area contributed by atoms with Gasteiger partial charge in [-0.15, -0.1) is 0 Å². The molecule has 2 saturated heterocycles. The molecule has 5 aliphatic rings. The second kappa shape index (κ2) is 9.19. The third-order valence-corrected chi connectivity index (χ3v) is 10.1. The quantitative estimate of drug-likeness (QED) is 0.441. The summed E-state index contributed by atoms with van der Waals surface area (Å²) in [5.74, 6) is -0.0744. The second-order valence-electron chi connectivity index (χ2n) is 13.0. The molecule has 0 aromatic carbocycles. The van der Waals surface area contributed by atoms with Crippen molar-refractivity contribution in [3.05, 3.63) is 0 Å². The smallest absolute Gasteiger partial charge is 0.323 e. The van der Waals surface area contributed by atoms with E-state index in [0.29, 0.717) is 12.0 Å². The summed E-state index contributed by atoms with van der Waals surface area (Å²) in [7, 11) is 4.06. The Morgan fingerprint density at radius 1 is 1.25 bits per heavy atom. The van der Waals surface area contributed by atoms with E-state index < -0.39 is 23.7 Å². The van der Waals surface area contributed by atoms with Gasteiger partial charge in [-0.2, -0.15) is 0 Å². The number of amides is 1. The number of nitrogens with one attached hydrogen (secondary N) is 1. The number of carbonyl (C=O) groups excluding carboxylic acids is 2. The Kier molecular flexibility index (Phi) is 6.73. The molecule has 3 aliphatic carbocycles. The standard InChI is InChI=1S/C27H45N3O6/c1-25(2,3)36-24(33)17(7-9-20(28)32)29-16-10-11-27(34-5)19-14-15-6-8-18(31)22-21(15)26(27,23(16)35-22)12-13-30(19)4/h15-19,21-23,29,31H,6-14H2,1-5H3,(H2,28,32)/t15?,16?,17-,18?,19?,21?,22?,23-,26-,27+/m0/s1. The van der Waals surface area contributed by atoms with E-state index in [9.17, 15) is 14.7 Å². The molecular weight excluding hydrogens is 462 g/mol. The Labute approximate surface area is 214 Å². The molecular formula is C27H45N3O6. The van der Waals surface area contributed by atoms with Crippen molar-refractivity contribution >= 4 is 11.9 Å². The van der Waals surface area contributed by atoms with Crippen LogP contribution in [0, 0.1) is 17.3 Å². The van der Waals surface area contributed by atoms with Gasteiger partial charge in [-0.1, -0.05) is 0 Å². The zero-order valence-electron chi connectivity index (χ0n) is 22.5. The number of aliphatic hydroxyl groups is 1. The van der Waals surface area contributed by atoms with Gasteiger partial charge in [0.1, 0.15) is 11.6 Å². The molecule has 204 valence electrons. The zero-order valence-corrected chi connectivity index (χ0v) is 22.5. The highest BCUT2D eigenvalue weighted by Crippen LogP contribution is 2.70. The van der Waals surface area contributed by atoms with Crippen LogP contribution in [0.15, 0.2) is 0 Å². The van der Waals surface area contributed by atoms with Crippen molar-refractivity contribution in [1.29, 1.82) is 0 Å². The average molecular weight is 508 g/mol. The van der Waals surface area contributed by atoms with E-state index in [1.165, 1.54) is 0 Å². The van der Waals surface area contributed by atoms with Crippen molar-refractivity contribution in [3.8, 4) is 0 Å². The first kappa shape index (κ1) is 26.4. The zero-order chi connectivity index (χ0) is 26.0. The van der Waals surface area contributed by atoms with Crippen molar-refractivity contribution in [3.63, 3.8) is 0 Å². The number of piperidine rings is 1. The lowest BCUT2D eigenvalue weighted by molar-refractivity contribution is -0.269. The molecule has 2 heterocycles. The molecule has 3 saturated carbocycles. The summed E-state index contributed by atoms with van der Waals surface area (Å²) in [6.45, 7) is 6.49. The average Bonchev–Trinajstić information content (AvgIpc) is 3.16. The van der Waals surface area contributed by atoms with Gasteiger partial charge in [0.25, 0.3) is 0 Å². The van der Waals surface area contributed by atoms with Crippen LogP contribution in [0.5, 0.6) is 0 Å². The highest BCUT2D eigenvalue weighted by atomic mass is 16.6. The Morgan fingerprint density at radius 3 is 2.67 bits per heavy atom. The van der Waals surface area contributed by atoms with Crippen molar-refractivity contribution < 1.29 is 28.9 Å². The number of carbonyl (C=O) groups is 2. The molecule has 4 N–H and O–H groups in total. The van der Waals surface area contributed by atoms with Crippen LogP contribution >= 0.6 is 0 Å². The van der Waals surface area contributed by atoms with Crippen LogP contribution in [-0.2, 0) is 23.8 Å². The molecule has 9 heteroatoms. The SMILES string of the molecule is CO[C@]12CCC(N[C@@H](CCC(N)=O)C(=O)OC(C)(C)C)[C@@H]3OC4C(O)CCC5CC1N(C)CC[C@]32C54. The van der Waals surface area contributed by atoms with Crippen molar-refractivity contribution in [2.45, 2.75) is 120 Å². The first-order chi connectivity index (χ1) is 16.9. The van der Waals surface area contributed by atoms with Crippen LogP contribution in [-0.4, -0.2) is 90.2 Å². The number of methoxy groups -OCH3 is 1. The number of esters is 1. The molecule has 10 atom stereocenters. The van der Waals surface area contributed by atoms with Gasteiger partial charge >= 0.3 is 5.97 Å². The summed E-state index contributed by atoms with van der Waals surface area (Å²) >= 11 is 0. The molecule has 5 rings (SSSR count). The Balaban J connectivity index is 1.49. The minimum absolute atomic E-state index is 0.0984. The number of likely N-dealkylation sites (N-methyl/N-ethyl adjacent to an activating group) is 1. The number of primary amides is 1. The number of ether oxygens (including phenoxy) is 3. The summed E-state index contributed by atoms with van der Waals surface area (Å²) in [6.07, 6.45) is 4.94. The number of nitrogens with two attached hydrogens (primary N) is 1. The number of hydrogen-bond donors (Lipinski definition) is 3. The van der Waals surface area contributed by atoms with E-state index in [-0.39, 0.29) is 54.0 Å². The minimum atomic E-state index is -0.661. The lowest BCUT2D eigenvalue weighted by Gasteiger charge is -2.69. The largest absolute Gasteiger partial charge is 0.459 e. The third kappa shape index (κ3) is 3.92.